The first-order chi connectivity index (χ1) is 14.3. The Morgan fingerprint density at radius 3 is 2.43 bits per heavy atom. The third kappa shape index (κ3) is 4.49. The summed E-state index contributed by atoms with van der Waals surface area (Å²) < 4.78 is 27.5. The van der Waals surface area contributed by atoms with Gasteiger partial charge in [0.25, 0.3) is 5.91 Å². The topological polar surface area (TPSA) is 79.4 Å². The number of anilines is 1. The molecule has 2 unspecified atom stereocenters. The molecule has 0 spiro atoms. The number of rotatable bonds is 5. The Morgan fingerprint density at radius 2 is 1.80 bits per heavy atom. The first-order valence-corrected chi connectivity index (χ1v) is 12.9. The third-order valence-corrected chi connectivity index (χ3v) is 8.58. The fourth-order valence-corrected chi connectivity index (χ4v) is 6.91. The minimum Gasteiger partial charge on any atom is -0.298 e. The van der Waals surface area contributed by atoms with Crippen molar-refractivity contribution in [3.63, 3.8) is 0 Å². The molecular formula is C21H23N3O3S3. The van der Waals surface area contributed by atoms with E-state index in [1.165, 1.54) is 23.5 Å². The second-order valence-corrected chi connectivity index (χ2v) is 11.5. The number of thiazole rings is 1. The first kappa shape index (κ1) is 21.2. The van der Waals surface area contributed by atoms with Gasteiger partial charge in [-0.3, -0.25) is 10.1 Å². The van der Waals surface area contributed by atoms with Crippen LogP contribution in [-0.2, 0) is 10.0 Å². The zero-order valence-corrected chi connectivity index (χ0v) is 19.2. The van der Waals surface area contributed by atoms with Gasteiger partial charge in [0.2, 0.25) is 10.0 Å². The van der Waals surface area contributed by atoms with Crippen molar-refractivity contribution < 1.29 is 13.2 Å². The number of nitrogens with zero attached hydrogens (tertiary/aromatic N) is 2. The molecule has 0 bridgehead atoms. The molecule has 1 amide bonds. The highest BCUT2D eigenvalue weighted by Crippen LogP contribution is 2.29. The molecule has 3 aromatic rings. The molecule has 158 valence electrons. The number of carbonyl (C=O) groups is 1. The predicted molar refractivity (Wildman–Crippen MR) is 122 cm³/mol. The summed E-state index contributed by atoms with van der Waals surface area (Å²) in [6, 6.07) is 10.0. The van der Waals surface area contributed by atoms with Gasteiger partial charge < -0.3 is 0 Å². The molecule has 1 aromatic carbocycles. The van der Waals surface area contributed by atoms with Gasteiger partial charge in [-0.05, 0) is 54.0 Å². The maximum absolute atomic E-state index is 13.0. The van der Waals surface area contributed by atoms with Crippen LogP contribution in [0.15, 0.2) is 52.1 Å². The van der Waals surface area contributed by atoms with Crippen LogP contribution in [-0.4, -0.2) is 36.7 Å². The number of hydrogen-bond acceptors (Lipinski definition) is 6. The maximum Gasteiger partial charge on any atom is 0.257 e. The number of sulfonamides is 1. The molecule has 2 aromatic heterocycles. The predicted octanol–water partition coefficient (Wildman–Crippen LogP) is 4.79. The monoisotopic (exact) mass is 461 g/mol. The van der Waals surface area contributed by atoms with Crippen LogP contribution >= 0.6 is 22.7 Å². The summed E-state index contributed by atoms with van der Waals surface area (Å²) in [5.41, 5.74) is 1.22. The van der Waals surface area contributed by atoms with E-state index in [1.807, 2.05) is 22.9 Å². The van der Waals surface area contributed by atoms with Gasteiger partial charge in [-0.1, -0.05) is 19.9 Å². The Morgan fingerprint density at radius 1 is 1.10 bits per heavy atom. The molecule has 9 heteroatoms. The normalized spacial score (nSPS) is 20.2. The van der Waals surface area contributed by atoms with Gasteiger partial charge in [-0.2, -0.15) is 4.31 Å². The van der Waals surface area contributed by atoms with E-state index in [0.717, 1.165) is 17.0 Å². The smallest absolute Gasteiger partial charge is 0.257 e. The molecule has 1 N–H and O–H groups in total. The standard InChI is InChI=1S/C21H23N3O3S3/c1-14-10-15(2)12-24(11-14)30(26,27)17-7-5-16(6-8-17)20(25)23-21-22-18(13-29-21)19-4-3-9-28-19/h3-9,13-15H,10-12H2,1-2H3,(H,22,23,25). The summed E-state index contributed by atoms with van der Waals surface area (Å²) in [7, 11) is -3.56. The number of aromatic nitrogens is 1. The fourth-order valence-electron chi connectivity index (χ4n) is 3.77. The number of nitrogens with one attached hydrogen (secondary N) is 1. The van der Waals surface area contributed by atoms with Gasteiger partial charge in [0.15, 0.2) is 5.13 Å². The van der Waals surface area contributed by atoms with E-state index in [9.17, 15) is 13.2 Å². The lowest BCUT2D eigenvalue weighted by Gasteiger charge is -2.34. The first-order valence-electron chi connectivity index (χ1n) is 9.74. The SMILES string of the molecule is CC1CC(C)CN(S(=O)(=O)c2ccc(C(=O)Nc3nc(-c4cccs4)cs3)cc2)C1. The Kier molecular flexibility index (Phi) is 6.06. The van der Waals surface area contributed by atoms with E-state index < -0.39 is 10.0 Å². The van der Waals surface area contributed by atoms with Crippen molar-refractivity contribution in [2.75, 3.05) is 18.4 Å². The molecule has 1 saturated heterocycles. The van der Waals surface area contributed by atoms with Crippen molar-refractivity contribution in [1.82, 2.24) is 9.29 Å². The van der Waals surface area contributed by atoms with Crippen molar-refractivity contribution in [1.29, 1.82) is 0 Å². The second kappa shape index (κ2) is 8.58. The Hall–Kier alpha value is -2.07. The number of carbonyl (C=O) groups excluding carboxylic acids is 1. The highest BCUT2D eigenvalue weighted by molar-refractivity contribution is 7.89. The van der Waals surface area contributed by atoms with Crippen LogP contribution in [0.2, 0.25) is 0 Å². The third-order valence-electron chi connectivity index (χ3n) is 5.09. The summed E-state index contributed by atoms with van der Waals surface area (Å²) in [6.45, 7) is 5.22. The molecule has 4 rings (SSSR count). The number of amides is 1. The summed E-state index contributed by atoms with van der Waals surface area (Å²) >= 11 is 2.95. The summed E-state index contributed by atoms with van der Waals surface area (Å²) in [6.07, 6.45) is 1.04. The summed E-state index contributed by atoms with van der Waals surface area (Å²) in [5, 5.41) is 7.18. The van der Waals surface area contributed by atoms with Crippen LogP contribution < -0.4 is 5.32 Å². The van der Waals surface area contributed by atoms with E-state index in [0.29, 0.717) is 35.6 Å². The molecule has 0 saturated carbocycles. The molecule has 2 atom stereocenters. The Balaban J connectivity index is 1.46. The van der Waals surface area contributed by atoms with Crippen LogP contribution in [0.4, 0.5) is 5.13 Å². The van der Waals surface area contributed by atoms with E-state index in [1.54, 1.807) is 27.8 Å². The maximum atomic E-state index is 13.0. The zero-order valence-electron chi connectivity index (χ0n) is 16.7. The van der Waals surface area contributed by atoms with E-state index in [-0.39, 0.29) is 10.8 Å². The van der Waals surface area contributed by atoms with Gasteiger partial charge in [-0.25, -0.2) is 13.4 Å². The lowest BCUT2D eigenvalue weighted by Crippen LogP contribution is -2.42. The Bertz CT molecular complexity index is 1110. The van der Waals surface area contributed by atoms with E-state index in [2.05, 4.69) is 24.1 Å². The van der Waals surface area contributed by atoms with Crippen LogP contribution in [0.5, 0.6) is 0 Å². The van der Waals surface area contributed by atoms with Gasteiger partial charge >= 0.3 is 0 Å². The largest absolute Gasteiger partial charge is 0.298 e. The van der Waals surface area contributed by atoms with Gasteiger partial charge in [0, 0.05) is 24.0 Å². The van der Waals surface area contributed by atoms with Crippen LogP contribution in [0, 0.1) is 11.8 Å². The summed E-state index contributed by atoms with van der Waals surface area (Å²) in [4.78, 5) is 18.3. The van der Waals surface area contributed by atoms with Gasteiger partial charge in [0.1, 0.15) is 0 Å². The summed E-state index contributed by atoms with van der Waals surface area (Å²) in [5.74, 6) is 0.364. The Labute approximate surface area is 184 Å². The van der Waals surface area contributed by atoms with Gasteiger partial charge in [-0.15, -0.1) is 22.7 Å². The molecule has 0 radical (unpaired) electrons. The molecule has 0 aliphatic carbocycles. The van der Waals surface area contributed by atoms with Crippen LogP contribution in [0.1, 0.15) is 30.6 Å². The molecule has 1 aliphatic heterocycles. The average Bonchev–Trinajstić information content (AvgIpc) is 3.39. The average molecular weight is 462 g/mol. The second-order valence-electron chi connectivity index (χ2n) is 7.76. The number of hydrogen-bond donors (Lipinski definition) is 1. The zero-order chi connectivity index (χ0) is 21.3. The number of piperidine rings is 1. The van der Waals surface area contributed by atoms with E-state index >= 15 is 0 Å². The van der Waals surface area contributed by atoms with Crippen molar-refractivity contribution in [3.8, 4) is 10.6 Å². The van der Waals surface area contributed by atoms with Gasteiger partial charge in [0.05, 0.1) is 15.5 Å². The minimum absolute atomic E-state index is 0.217. The van der Waals surface area contributed by atoms with Crippen molar-refractivity contribution in [2.24, 2.45) is 11.8 Å². The fraction of sp³-hybridized carbons (Fsp3) is 0.333. The van der Waals surface area contributed by atoms with Crippen molar-refractivity contribution in [2.45, 2.75) is 25.2 Å². The molecule has 3 heterocycles. The van der Waals surface area contributed by atoms with Crippen LogP contribution in [0.25, 0.3) is 10.6 Å². The lowest BCUT2D eigenvalue weighted by atomic mass is 9.94. The molecule has 1 fully saturated rings. The number of benzene rings is 1. The molecule has 1 aliphatic rings. The van der Waals surface area contributed by atoms with Crippen molar-refractivity contribution in [3.05, 3.63) is 52.7 Å². The van der Waals surface area contributed by atoms with Crippen LogP contribution in [0.3, 0.4) is 0 Å². The molecular weight excluding hydrogens is 438 g/mol. The minimum atomic E-state index is -3.56. The molecule has 6 nitrogen and oxygen atoms in total. The highest BCUT2D eigenvalue weighted by Gasteiger charge is 2.31. The quantitative estimate of drug-likeness (QED) is 0.592. The van der Waals surface area contributed by atoms with E-state index in [4.69, 9.17) is 0 Å². The lowest BCUT2D eigenvalue weighted by molar-refractivity contribution is 0.102. The highest BCUT2D eigenvalue weighted by atomic mass is 32.2. The number of thiophene rings is 1. The van der Waals surface area contributed by atoms with Crippen molar-refractivity contribution >= 4 is 43.7 Å². The molecule has 30 heavy (non-hydrogen) atoms.